The van der Waals surface area contributed by atoms with Crippen molar-refractivity contribution in [1.82, 2.24) is 0 Å². The number of carbonyl (C=O) groups excluding carboxylic acids is 1. The second-order valence-corrected chi connectivity index (χ2v) is 6.54. The normalized spacial score (nSPS) is 12.0. The zero-order chi connectivity index (χ0) is 18.8. The molecule has 5 nitrogen and oxygen atoms in total. The van der Waals surface area contributed by atoms with E-state index in [1.165, 1.54) is 6.07 Å². The van der Waals surface area contributed by atoms with Crippen molar-refractivity contribution in [1.29, 1.82) is 0 Å². The molecular weight excluding hydrogens is 377 g/mol. The van der Waals surface area contributed by atoms with E-state index in [4.69, 9.17) is 32.4 Å². The third kappa shape index (κ3) is 3.84. The summed E-state index contributed by atoms with van der Waals surface area (Å²) in [5.74, 6) is 0.0195. The van der Waals surface area contributed by atoms with Crippen LogP contribution in [0.4, 0.5) is 5.69 Å². The summed E-state index contributed by atoms with van der Waals surface area (Å²) in [6, 6.07) is 11.5. The first-order chi connectivity index (χ1) is 12.3. The Bertz CT molecular complexity index is 1050. The van der Waals surface area contributed by atoms with Gasteiger partial charge in [0.2, 0.25) is 0 Å². The van der Waals surface area contributed by atoms with Gasteiger partial charge in [-0.1, -0.05) is 29.3 Å². The summed E-state index contributed by atoms with van der Waals surface area (Å²) >= 11 is 12.0. The number of rotatable bonds is 4. The number of halogens is 2. The first kappa shape index (κ1) is 18.3. The molecule has 0 radical (unpaired) electrons. The molecule has 0 bridgehead atoms. The number of fused-ring (bicyclic) bond motifs is 1. The van der Waals surface area contributed by atoms with Crippen molar-refractivity contribution in [2.45, 2.75) is 20.0 Å². The van der Waals surface area contributed by atoms with E-state index in [-0.39, 0.29) is 10.9 Å². The monoisotopic (exact) mass is 391 g/mol. The molecule has 0 spiro atoms. The number of aryl methyl sites for hydroxylation is 1. The Hall–Kier alpha value is -2.50. The van der Waals surface area contributed by atoms with Gasteiger partial charge in [-0.25, -0.2) is 4.79 Å². The van der Waals surface area contributed by atoms with Gasteiger partial charge in [0.1, 0.15) is 11.3 Å². The summed E-state index contributed by atoms with van der Waals surface area (Å²) in [6.07, 6.45) is -0.806. The summed E-state index contributed by atoms with van der Waals surface area (Å²) < 4.78 is 10.8. The van der Waals surface area contributed by atoms with Crippen molar-refractivity contribution in [2.75, 3.05) is 5.32 Å². The van der Waals surface area contributed by atoms with Crippen LogP contribution in [0.2, 0.25) is 10.0 Å². The van der Waals surface area contributed by atoms with Crippen LogP contribution in [0.15, 0.2) is 51.7 Å². The minimum Gasteiger partial charge on any atom is -0.481 e. The molecule has 1 atom stereocenters. The fourth-order valence-electron chi connectivity index (χ4n) is 2.47. The van der Waals surface area contributed by atoms with Crippen LogP contribution in [0.1, 0.15) is 12.5 Å². The molecule has 0 aliphatic carbocycles. The van der Waals surface area contributed by atoms with Crippen LogP contribution in [-0.2, 0) is 4.79 Å². The lowest BCUT2D eigenvalue weighted by atomic mass is 10.1. The van der Waals surface area contributed by atoms with Crippen LogP contribution in [0, 0.1) is 6.92 Å². The summed E-state index contributed by atoms with van der Waals surface area (Å²) in [4.78, 5) is 23.9. The average Bonchev–Trinajstić information content (AvgIpc) is 2.58. The number of ether oxygens (including phenoxy) is 1. The van der Waals surface area contributed by atoms with Crippen molar-refractivity contribution in [3.8, 4) is 5.75 Å². The van der Waals surface area contributed by atoms with Crippen LogP contribution in [-0.4, -0.2) is 12.0 Å². The largest absolute Gasteiger partial charge is 0.481 e. The third-order valence-electron chi connectivity index (χ3n) is 3.81. The van der Waals surface area contributed by atoms with E-state index in [0.717, 1.165) is 10.9 Å². The summed E-state index contributed by atoms with van der Waals surface area (Å²) in [5.41, 5.74) is 1.18. The molecule has 3 aromatic rings. The maximum atomic E-state index is 12.3. The molecule has 1 aromatic heterocycles. The number of carbonyl (C=O) groups is 1. The minimum absolute atomic E-state index is 0.262. The first-order valence-electron chi connectivity index (χ1n) is 7.81. The molecule has 2 aromatic carbocycles. The summed E-state index contributed by atoms with van der Waals surface area (Å²) in [5, 5.41) is 4.09. The zero-order valence-corrected chi connectivity index (χ0v) is 15.5. The van der Waals surface area contributed by atoms with Gasteiger partial charge in [0, 0.05) is 17.5 Å². The Balaban J connectivity index is 1.77. The number of amides is 1. The second kappa shape index (κ2) is 7.40. The van der Waals surface area contributed by atoms with Crippen LogP contribution in [0.5, 0.6) is 5.75 Å². The molecule has 3 rings (SSSR count). The van der Waals surface area contributed by atoms with Crippen LogP contribution in [0.3, 0.4) is 0 Å². The summed E-state index contributed by atoms with van der Waals surface area (Å²) in [6.45, 7) is 3.43. The van der Waals surface area contributed by atoms with E-state index in [1.54, 1.807) is 43.3 Å². The van der Waals surface area contributed by atoms with Gasteiger partial charge in [-0.2, -0.15) is 0 Å². The molecule has 0 aliphatic rings. The van der Waals surface area contributed by atoms with E-state index in [2.05, 4.69) is 5.32 Å². The molecule has 7 heteroatoms. The van der Waals surface area contributed by atoms with Crippen molar-refractivity contribution < 1.29 is 13.9 Å². The Kier molecular flexibility index (Phi) is 5.20. The standard InChI is InChI=1S/C19H15Cl2NO4/c1-10-8-17(23)26-16-9-12(6-7-13(10)16)25-11(2)19(24)22-15-5-3-4-14(20)18(15)21/h3-9,11H,1-2H3,(H,22,24)/t11-/m1/s1. The molecule has 26 heavy (non-hydrogen) atoms. The SMILES string of the molecule is Cc1cc(=O)oc2cc(O[C@H](C)C(=O)Nc3cccc(Cl)c3Cl)ccc12. The van der Waals surface area contributed by atoms with Crippen LogP contribution in [0.25, 0.3) is 11.0 Å². The average molecular weight is 392 g/mol. The van der Waals surface area contributed by atoms with Gasteiger partial charge in [-0.05, 0) is 43.7 Å². The van der Waals surface area contributed by atoms with Crippen molar-refractivity contribution in [3.05, 3.63) is 68.5 Å². The Labute approximate surface area is 159 Å². The lowest BCUT2D eigenvalue weighted by Gasteiger charge is -2.16. The number of anilines is 1. The highest BCUT2D eigenvalue weighted by atomic mass is 35.5. The topological polar surface area (TPSA) is 68.5 Å². The van der Waals surface area contributed by atoms with E-state index in [1.807, 2.05) is 6.92 Å². The molecule has 1 N–H and O–H groups in total. The highest BCUT2D eigenvalue weighted by Gasteiger charge is 2.17. The fraction of sp³-hybridized carbons (Fsp3) is 0.158. The smallest absolute Gasteiger partial charge is 0.336 e. The van der Waals surface area contributed by atoms with Crippen molar-refractivity contribution in [3.63, 3.8) is 0 Å². The molecule has 0 unspecified atom stereocenters. The first-order valence-corrected chi connectivity index (χ1v) is 8.57. The van der Waals surface area contributed by atoms with Gasteiger partial charge in [0.05, 0.1) is 15.7 Å². The van der Waals surface area contributed by atoms with Crippen LogP contribution >= 0.6 is 23.2 Å². The molecule has 134 valence electrons. The highest BCUT2D eigenvalue weighted by molar-refractivity contribution is 6.44. The Morgan fingerprint density at radius 1 is 1.19 bits per heavy atom. The molecule has 0 aliphatic heterocycles. The van der Waals surface area contributed by atoms with E-state index in [0.29, 0.717) is 22.0 Å². The predicted molar refractivity (Wildman–Crippen MR) is 102 cm³/mol. The van der Waals surface area contributed by atoms with Gasteiger partial charge >= 0.3 is 5.63 Å². The molecule has 1 heterocycles. The van der Waals surface area contributed by atoms with E-state index >= 15 is 0 Å². The van der Waals surface area contributed by atoms with Crippen molar-refractivity contribution >= 4 is 45.8 Å². The predicted octanol–water partition coefficient (Wildman–Crippen LogP) is 4.81. The van der Waals surface area contributed by atoms with E-state index in [9.17, 15) is 9.59 Å². The maximum Gasteiger partial charge on any atom is 0.336 e. The number of benzene rings is 2. The molecule has 0 saturated heterocycles. The molecule has 1 amide bonds. The quantitative estimate of drug-likeness (QED) is 0.647. The van der Waals surface area contributed by atoms with Gasteiger partial charge < -0.3 is 14.5 Å². The number of nitrogens with one attached hydrogen (secondary N) is 1. The van der Waals surface area contributed by atoms with Crippen LogP contribution < -0.4 is 15.7 Å². The summed E-state index contributed by atoms with van der Waals surface area (Å²) in [7, 11) is 0. The lowest BCUT2D eigenvalue weighted by molar-refractivity contribution is -0.122. The molecular formula is C19H15Cl2NO4. The van der Waals surface area contributed by atoms with Gasteiger partial charge in [-0.3, -0.25) is 4.79 Å². The minimum atomic E-state index is -0.806. The number of hydrogen-bond acceptors (Lipinski definition) is 4. The molecule has 0 saturated carbocycles. The Morgan fingerprint density at radius 2 is 1.96 bits per heavy atom. The zero-order valence-electron chi connectivity index (χ0n) is 14.0. The number of hydrogen-bond donors (Lipinski definition) is 1. The van der Waals surface area contributed by atoms with Crippen molar-refractivity contribution in [2.24, 2.45) is 0 Å². The second-order valence-electron chi connectivity index (χ2n) is 5.76. The van der Waals surface area contributed by atoms with Gasteiger partial charge in [0.25, 0.3) is 5.91 Å². The fourth-order valence-corrected chi connectivity index (χ4v) is 2.82. The maximum absolute atomic E-state index is 12.3. The third-order valence-corrected chi connectivity index (χ3v) is 4.63. The van der Waals surface area contributed by atoms with Gasteiger partial charge in [0.15, 0.2) is 6.10 Å². The van der Waals surface area contributed by atoms with E-state index < -0.39 is 11.7 Å². The highest BCUT2D eigenvalue weighted by Crippen LogP contribution is 2.30. The lowest BCUT2D eigenvalue weighted by Crippen LogP contribution is -2.30. The Morgan fingerprint density at radius 3 is 2.73 bits per heavy atom. The molecule has 0 fully saturated rings. The van der Waals surface area contributed by atoms with Gasteiger partial charge in [-0.15, -0.1) is 0 Å².